The molecule has 0 atom stereocenters. The predicted octanol–water partition coefficient (Wildman–Crippen LogP) is 2.58. The van der Waals surface area contributed by atoms with Crippen molar-refractivity contribution in [1.29, 1.82) is 0 Å². The lowest BCUT2D eigenvalue weighted by atomic mass is 9.99. The fraction of sp³-hybridized carbons (Fsp3) is 0.400. The molecule has 9 nitrogen and oxygen atoms in total. The Bertz CT molecular complexity index is 1240. The van der Waals surface area contributed by atoms with Gasteiger partial charge < -0.3 is 10.6 Å². The van der Waals surface area contributed by atoms with E-state index in [4.69, 9.17) is 10.7 Å². The van der Waals surface area contributed by atoms with Gasteiger partial charge in [0.25, 0.3) is 0 Å². The van der Waals surface area contributed by atoms with E-state index in [9.17, 15) is 9.59 Å². The molecule has 1 fully saturated rings. The number of hydrogen-bond acceptors (Lipinski definition) is 6. The molecule has 1 saturated heterocycles. The van der Waals surface area contributed by atoms with Gasteiger partial charge in [0.15, 0.2) is 0 Å². The highest BCUT2D eigenvalue weighted by Crippen LogP contribution is 2.37. The van der Waals surface area contributed by atoms with Gasteiger partial charge in [-0.1, -0.05) is 6.92 Å². The van der Waals surface area contributed by atoms with Crippen LogP contribution in [-0.2, 0) is 17.8 Å². The van der Waals surface area contributed by atoms with Crippen LogP contribution in [0.15, 0.2) is 36.7 Å². The molecule has 0 spiro atoms. The summed E-state index contributed by atoms with van der Waals surface area (Å²) in [4.78, 5) is 44.6. The van der Waals surface area contributed by atoms with Crippen molar-refractivity contribution in [1.82, 2.24) is 24.8 Å². The number of piperidine rings is 1. The van der Waals surface area contributed by atoms with Crippen LogP contribution in [0.25, 0.3) is 22.3 Å². The molecule has 0 unspecified atom stereocenters. The molecular weight excluding hydrogens is 430 g/mol. The van der Waals surface area contributed by atoms with Crippen molar-refractivity contribution in [2.24, 2.45) is 5.73 Å². The largest absolute Gasteiger partial charge is 0.369 e. The highest BCUT2D eigenvalue weighted by Gasteiger charge is 2.37. The van der Waals surface area contributed by atoms with E-state index in [0.29, 0.717) is 19.6 Å². The van der Waals surface area contributed by atoms with Crippen molar-refractivity contribution in [2.45, 2.75) is 38.8 Å². The lowest BCUT2D eigenvalue weighted by Crippen LogP contribution is -2.54. The number of rotatable bonds is 5. The molecule has 0 saturated carbocycles. The Hall–Kier alpha value is -3.59. The van der Waals surface area contributed by atoms with Gasteiger partial charge in [-0.15, -0.1) is 0 Å². The molecule has 3 amide bonds. The third-order valence-corrected chi connectivity index (χ3v) is 6.73. The SMILES string of the molecule is CCc1ccc(-c2ccc3ncc4c(c3n2)N(C2CCN(CC(N)=O)CC2)C(=O)N(C)C4)cn1. The van der Waals surface area contributed by atoms with Crippen LogP contribution in [0, 0.1) is 0 Å². The Kier molecular flexibility index (Phi) is 5.87. The van der Waals surface area contributed by atoms with Crippen molar-refractivity contribution in [3.63, 3.8) is 0 Å². The minimum absolute atomic E-state index is 0.0136. The van der Waals surface area contributed by atoms with E-state index in [-0.39, 0.29) is 24.5 Å². The van der Waals surface area contributed by atoms with Crippen LogP contribution in [0.2, 0.25) is 0 Å². The lowest BCUT2D eigenvalue weighted by molar-refractivity contribution is -0.119. The number of fused-ring (bicyclic) bond motifs is 3. The number of nitrogens with zero attached hydrogens (tertiary/aromatic N) is 6. The number of carbonyl (C=O) groups is 2. The molecule has 3 aromatic heterocycles. The molecule has 2 aliphatic rings. The van der Waals surface area contributed by atoms with Gasteiger partial charge in [0, 0.05) is 55.4 Å². The van der Waals surface area contributed by atoms with Gasteiger partial charge in [-0.25, -0.2) is 9.78 Å². The first-order valence-corrected chi connectivity index (χ1v) is 11.7. The van der Waals surface area contributed by atoms with Crippen LogP contribution in [-0.4, -0.2) is 69.4 Å². The lowest BCUT2D eigenvalue weighted by Gasteiger charge is -2.43. The van der Waals surface area contributed by atoms with Crippen molar-refractivity contribution in [3.8, 4) is 11.3 Å². The maximum Gasteiger partial charge on any atom is 0.324 e. The summed E-state index contributed by atoms with van der Waals surface area (Å²) in [7, 11) is 1.81. The molecule has 2 N–H and O–H groups in total. The average molecular weight is 460 g/mol. The molecule has 5 heterocycles. The molecule has 0 aliphatic carbocycles. The summed E-state index contributed by atoms with van der Waals surface area (Å²) in [6.07, 6.45) is 6.11. The number of pyridine rings is 3. The molecule has 5 rings (SSSR count). The van der Waals surface area contributed by atoms with Crippen molar-refractivity contribution in [3.05, 3.63) is 47.9 Å². The maximum atomic E-state index is 13.4. The standard InChI is InChI=1S/C25H29N7O2/c1-3-18-5-4-16(12-27-18)20-6-7-21-23(29-20)24-17(13-28-21)14-30(2)25(34)32(24)19-8-10-31(11-9-19)15-22(26)33/h4-7,12-13,19H,3,8-11,14-15H2,1-2H3,(H2,26,33). The number of primary amides is 1. The van der Waals surface area contributed by atoms with Crippen LogP contribution in [0.5, 0.6) is 0 Å². The summed E-state index contributed by atoms with van der Waals surface area (Å²) < 4.78 is 0. The summed E-state index contributed by atoms with van der Waals surface area (Å²) in [5, 5.41) is 0. The van der Waals surface area contributed by atoms with Crippen LogP contribution in [0.1, 0.15) is 31.0 Å². The fourth-order valence-electron chi connectivity index (χ4n) is 4.92. The zero-order valence-corrected chi connectivity index (χ0v) is 19.6. The number of amides is 3. The number of nitrogens with two attached hydrogens (primary N) is 1. The molecule has 2 aliphatic heterocycles. The summed E-state index contributed by atoms with van der Waals surface area (Å²) >= 11 is 0. The van der Waals surface area contributed by atoms with Gasteiger partial charge in [-0.3, -0.25) is 24.6 Å². The molecule has 0 aromatic carbocycles. The number of carbonyl (C=O) groups excluding carboxylic acids is 2. The van der Waals surface area contributed by atoms with Gasteiger partial charge in [-0.2, -0.15) is 0 Å². The minimum Gasteiger partial charge on any atom is -0.369 e. The first-order valence-electron chi connectivity index (χ1n) is 11.7. The summed E-state index contributed by atoms with van der Waals surface area (Å²) in [5.74, 6) is -0.326. The van der Waals surface area contributed by atoms with Gasteiger partial charge >= 0.3 is 6.03 Å². The molecule has 9 heteroatoms. The second-order valence-electron chi connectivity index (χ2n) is 9.07. The zero-order chi connectivity index (χ0) is 23.8. The van der Waals surface area contributed by atoms with Crippen LogP contribution in [0.3, 0.4) is 0 Å². The molecule has 176 valence electrons. The molecule has 34 heavy (non-hydrogen) atoms. The van der Waals surface area contributed by atoms with E-state index < -0.39 is 0 Å². The van der Waals surface area contributed by atoms with Crippen LogP contribution >= 0.6 is 0 Å². The van der Waals surface area contributed by atoms with Gasteiger partial charge in [-0.05, 0) is 43.5 Å². The molecule has 0 radical (unpaired) electrons. The Morgan fingerprint density at radius 3 is 2.59 bits per heavy atom. The van der Waals surface area contributed by atoms with E-state index in [2.05, 4.69) is 16.9 Å². The predicted molar refractivity (Wildman–Crippen MR) is 130 cm³/mol. The van der Waals surface area contributed by atoms with Crippen LogP contribution < -0.4 is 10.6 Å². The van der Waals surface area contributed by atoms with Gasteiger partial charge in [0.1, 0.15) is 5.52 Å². The van der Waals surface area contributed by atoms with Gasteiger partial charge in [0.05, 0.1) is 30.0 Å². The topological polar surface area (TPSA) is 109 Å². The van der Waals surface area contributed by atoms with Crippen molar-refractivity contribution >= 4 is 28.7 Å². The number of urea groups is 1. The second-order valence-corrected chi connectivity index (χ2v) is 9.07. The average Bonchev–Trinajstić information content (AvgIpc) is 2.85. The van der Waals surface area contributed by atoms with E-state index in [1.165, 1.54) is 0 Å². The monoisotopic (exact) mass is 459 g/mol. The highest BCUT2D eigenvalue weighted by atomic mass is 16.2. The third-order valence-electron chi connectivity index (χ3n) is 6.73. The molecule has 0 bridgehead atoms. The number of hydrogen-bond donors (Lipinski definition) is 1. The quantitative estimate of drug-likeness (QED) is 0.628. The molecular formula is C25H29N7O2. The third kappa shape index (κ3) is 4.07. The maximum absolute atomic E-state index is 13.4. The highest BCUT2D eigenvalue weighted by molar-refractivity contribution is 6.04. The number of anilines is 1. The van der Waals surface area contributed by atoms with E-state index >= 15 is 0 Å². The van der Waals surface area contributed by atoms with E-state index in [1.807, 2.05) is 53.5 Å². The normalized spacial score (nSPS) is 17.3. The Labute approximate surface area is 198 Å². The fourth-order valence-corrected chi connectivity index (χ4v) is 4.92. The van der Waals surface area contributed by atoms with E-state index in [1.54, 1.807) is 4.90 Å². The number of likely N-dealkylation sites (tertiary alicyclic amines) is 1. The van der Waals surface area contributed by atoms with E-state index in [0.717, 1.165) is 58.5 Å². The second kappa shape index (κ2) is 8.98. The summed E-state index contributed by atoms with van der Waals surface area (Å²) in [6, 6.07) is 7.95. The minimum atomic E-state index is -0.326. The first-order chi connectivity index (χ1) is 16.4. The number of aromatic nitrogens is 3. The first kappa shape index (κ1) is 22.2. The molecule has 3 aromatic rings. The van der Waals surface area contributed by atoms with Crippen LogP contribution in [0.4, 0.5) is 10.5 Å². The summed E-state index contributed by atoms with van der Waals surface area (Å²) in [5.41, 5.74) is 11.5. The van der Waals surface area contributed by atoms with Crippen molar-refractivity contribution < 1.29 is 9.59 Å². The Balaban J connectivity index is 1.55. The Morgan fingerprint density at radius 1 is 1.12 bits per heavy atom. The Morgan fingerprint density at radius 2 is 1.91 bits per heavy atom. The smallest absolute Gasteiger partial charge is 0.324 e. The van der Waals surface area contributed by atoms with Crippen molar-refractivity contribution in [2.75, 3.05) is 31.6 Å². The number of aryl methyl sites for hydroxylation is 1. The zero-order valence-electron chi connectivity index (χ0n) is 19.6. The summed E-state index contributed by atoms with van der Waals surface area (Å²) in [6.45, 7) is 4.25. The van der Waals surface area contributed by atoms with Gasteiger partial charge in [0.2, 0.25) is 5.91 Å².